The van der Waals surface area contributed by atoms with E-state index in [1.165, 1.54) is 44.1 Å². The largest absolute Gasteiger partial charge is 0.455 e. The molecule has 1 atom stereocenters. The Morgan fingerprint density at radius 3 is 2.09 bits per heavy atom. The molecule has 11 aromatic rings. The number of benzene rings is 9. The summed E-state index contributed by atoms with van der Waals surface area (Å²) in [5.41, 5.74) is 25.6. The molecular weight excluding hydrogens is 805 g/mol. The number of nitrogens with zero attached hydrogens (tertiary/aromatic N) is 3. The summed E-state index contributed by atoms with van der Waals surface area (Å²) in [6.45, 7) is 6.46. The highest BCUT2D eigenvalue weighted by Crippen LogP contribution is 2.51. The maximum atomic E-state index is 7.11. The number of nitrogens with two attached hydrogens (primary N) is 1. The third kappa shape index (κ3) is 6.55. The summed E-state index contributed by atoms with van der Waals surface area (Å²) in [5, 5.41) is 4.60. The first kappa shape index (κ1) is 39.1. The van der Waals surface area contributed by atoms with Crippen LogP contribution in [-0.4, -0.2) is 16.1 Å². The van der Waals surface area contributed by atoms with Crippen LogP contribution >= 0.6 is 0 Å². The molecule has 9 aromatic carbocycles. The van der Waals surface area contributed by atoms with E-state index in [0.29, 0.717) is 11.5 Å². The van der Waals surface area contributed by atoms with Crippen molar-refractivity contribution < 1.29 is 4.42 Å². The molecule has 2 N–H and O–H groups in total. The lowest BCUT2D eigenvalue weighted by Crippen LogP contribution is -2.08. The van der Waals surface area contributed by atoms with Crippen LogP contribution in [0.4, 0.5) is 5.69 Å². The van der Waals surface area contributed by atoms with Gasteiger partial charge < -0.3 is 14.7 Å². The molecule has 0 aliphatic heterocycles. The number of rotatable bonds is 8. The summed E-state index contributed by atoms with van der Waals surface area (Å²) < 4.78 is 8.93. The van der Waals surface area contributed by atoms with Gasteiger partial charge in [0.2, 0.25) is 0 Å². The Kier molecular flexibility index (Phi) is 9.42. The third-order valence-corrected chi connectivity index (χ3v) is 13.3. The number of amidine groups is 1. The molecule has 12 rings (SSSR count). The molecule has 1 aliphatic carbocycles. The molecule has 5 heteroatoms. The highest BCUT2D eigenvalue weighted by atomic mass is 16.3. The summed E-state index contributed by atoms with van der Waals surface area (Å²) >= 11 is 0. The lowest BCUT2D eigenvalue weighted by Gasteiger charge is -2.17. The Bertz CT molecular complexity index is 3760. The van der Waals surface area contributed by atoms with Crippen LogP contribution in [-0.2, 0) is 6.42 Å². The first-order valence-electron chi connectivity index (χ1n) is 22.5. The quantitative estimate of drug-likeness (QED) is 0.0940. The van der Waals surface area contributed by atoms with Gasteiger partial charge in [-0.1, -0.05) is 170 Å². The molecule has 66 heavy (non-hydrogen) atoms. The Labute approximate surface area is 383 Å². The normalized spacial score (nSPS) is 13.7. The van der Waals surface area contributed by atoms with Gasteiger partial charge in [-0.2, -0.15) is 0 Å². The lowest BCUT2D eigenvalue weighted by atomic mass is 9.87. The van der Waals surface area contributed by atoms with Gasteiger partial charge in [-0.15, -0.1) is 0 Å². The van der Waals surface area contributed by atoms with Crippen LogP contribution in [0.25, 0.3) is 77.4 Å². The molecular formula is C61H44N4O. The van der Waals surface area contributed by atoms with Gasteiger partial charge in [0, 0.05) is 44.5 Å². The Hall–Kier alpha value is -8.54. The molecule has 0 saturated heterocycles. The summed E-state index contributed by atoms with van der Waals surface area (Å²) in [6, 6.07) is 72.3. The summed E-state index contributed by atoms with van der Waals surface area (Å²) in [5.74, 6) is 0.614. The van der Waals surface area contributed by atoms with Gasteiger partial charge in [-0.3, -0.25) is 0 Å². The molecule has 1 aliphatic rings. The molecule has 2 aromatic heterocycles. The number of nitrogen functional groups attached to an aromatic ring is 1. The number of fused-ring (bicyclic) bond motifs is 10. The van der Waals surface area contributed by atoms with Crippen LogP contribution in [0.15, 0.2) is 227 Å². The number of hydrogen-bond donors (Lipinski definition) is 1. The van der Waals surface area contributed by atoms with E-state index < -0.39 is 0 Å². The maximum Gasteiger partial charge on any atom is 0.163 e. The summed E-state index contributed by atoms with van der Waals surface area (Å²) in [4.78, 5) is 10.4. The van der Waals surface area contributed by atoms with Crippen LogP contribution < -0.4 is 5.73 Å². The SMILES string of the molecule is C=C(/N=C(\N=C(/C)c1ccc(C[C@@H]2c3ccccc3-c3ccc4c(c32)c2ccccc2n4-c2ccccc2)c(N)c1)c1cccc2c1oc1ccccc12)c1ccc(-c2ccccc2)cc1. The molecule has 5 nitrogen and oxygen atoms in total. The number of aromatic nitrogens is 1. The first-order valence-corrected chi connectivity index (χ1v) is 22.5. The van der Waals surface area contributed by atoms with Crippen molar-refractivity contribution in [2.24, 2.45) is 9.98 Å². The van der Waals surface area contributed by atoms with Gasteiger partial charge in [-0.05, 0) is 106 Å². The molecule has 0 radical (unpaired) electrons. The van der Waals surface area contributed by atoms with Crippen molar-refractivity contribution in [1.29, 1.82) is 0 Å². The van der Waals surface area contributed by atoms with E-state index in [9.17, 15) is 0 Å². The molecule has 0 spiro atoms. The van der Waals surface area contributed by atoms with Gasteiger partial charge in [0.25, 0.3) is 0 Å². The van der Waals surface area contributed by atoms with Crippen molar-refractivity contribution in [1.82, 2.24) is 4.57 Å². The molecule has 0 unspecified atom stereocenters. The Morgan fingerprint density at radius 2 is 1.27 bits per heavy atom. The van der Waals surface area contributed by atoms with Gasteiger partial charge in [0.1, 0.15) is 11.2 Å². The van der Waals surface area contributed by atoms with Crippen molar-refractivity contribution in [2.75, 3.05) is 5.73 Å². The zero-order valence-electron chi connectivity index (χ0n) is 36.4. The Balaban J connectivity index is 0.932. The maximum absolute atomic E-state index is 7.11. The second kappa shape index (κ2) is 15.9. The van der Waals surface area contributed by atoms with Crippen LogP contribution in [0.3, 0.4) is 0 Å². The second-order valence-corrected chi connectivity index (χ2v) is 17.2. The number of aliphatic imine (C=N–C) groups is 2. The monoisotopic (exact) mass is 848 g/mol. The van der Waals surface area contributed by atoms with Crippen molar-refractivity contribution in [3.05, 3.63) is 246 Å². The minimum absolute atomic E-state index is 0.105. The van der Waals surface area contributed by atoms with Crippen molar-refractivity contribution in [3.63, 3.8) is 0 Å². The van der Waals surface area contributed by atoms with Crippen LogP contribution in [0.5, 0.6) is 0 Å². The minimum Gasteiger partial charge on any atom is -0.455 e. The molecule has 0 saturated carbocycles. The third-order valence-electron chi connectivity index (χ3n) is 13.3. The minimum atomic E-state index is 0.105. The van der Waals surface area contributed by atoms with Crippen molar-refractivity contribution >= 4 is 66.7 Å². The predicted octanol–water partition coefficient (Wildman–Crippen LogP) is 15.2. The first-order chi connectivity index (χ1) is 32.5. The molecule has 2 heterocycles. The van der Waals surface area contributed by atoms with Crippen molar-refractivity contribution in [3.8, 4) is 27.9 Å². The average Bonchev–Trinajstić information content (AvgIpc) is 4.02. The smallest absolute Gasteiger partial charge is 0.163 e. The molecule has 314 valence electrons. The fraction of sp³-hybridized carbons (Fsp3) is 0.0492. The molecule has 0 fully saturated rings. The topological polar surface area (TPSA) is 68.8 Å². The number of furan rings is 1. The number of hydrogen-bond acceptors (Lipinski definition) is 3. The second-order valence-electron chi connectivity index (χ2n) is 17.2. The summed E-state index contributed by atoms with van der Waals surface area (Å²) in [7, 11) is 0. The average molecular weight is 849 g/mol. The highest BCUT2D eigenvalue weighted by Gasteiger charge is 2.33. The van der Waals surface area contributed by atoms with Crippen LogP contribution in [0.2, 0.25) is 0 Å². The van der Waals surface area contributed by atoms with Gasteiger partial charge in [0.05, 0.1) is 22.3 Å². The van der Waals surface area contributed by atoms with E-state index >= 15 is 0 Å². The highest BCUT2D eigenvalue weighted by molar-refractivity contribution is 6.20. The fourth-order valence-corrected chi connectivity index (χ4v) is 10.1. The van der Waals surface area contributed by atoms with Crippen LogP contribution in [0, 0.1) is 0 Å². The van der Waals surface area contributed by atoms with E-state index in [2.05, 4.69) is 181 Å². The number of anilines is 1. The van der Waals surface area contributed by atoms with Crippen molar-refractivity contribution in [2.45, 2.75) is 19.3 Å². The zero-order chi connectivity index (χ0) is 44.3. The lowest BCUT2D eigenvalue weighted by molar-refractivity contribution is 0.668. The Morgan fingerprint density at radius 1 is 0.591 bits per heavy atom. The van der Waals surface area contributed by atoms with Gasteiger partial charge in [-0.25, -0.2) is 9.98 Å². The summed E-state index contributed by atoms with van der Waals surface area (Å²) in [6.07, 6.45) is 0.750. The molecule has 0 amide bonds. The van der Waals surface area contributed by atoms with E-state index in [1.807, 2.05) is 43.3 Å². The fourth-order valence-electron chi connectivity index (χ4n) is 10.1. The van der Waals surface area contributed by atoms with Crippen LogP contribution in [0.1, 0.15) is 46.2 Å². The van der Waals surface area contributed by atoms with Gasteiger partial charge in [0.15, 0.2) is 5.84 Å². The number of para-hydroxylation sites is 4. The van der Waals surface area contributed by atoms with Gasteiger partial charge >= 0.3 is 0 Å². The van der Waals surface area contributed by atoms with E-state index in [4.69, 9.17) is 20.1 Å². The van der Waals surface area contributed by atoms with E-state index in [0.717, 1.165) is 78.8 Å². The van der Waals surface area contributed by atoms with E-state index in [-0.39, 0.29) is 5.92 Å². The molecule has 0 bridgehead atoms. The predicted molar refractivity (Wildman–Crippen MR) is 276 cm³/mol. The standard InChI is InChI=1S/C61H44N4O/c1-38(40-28-30-42(31-29-40)41-16-5-3-6-17-41)63-61(52-25-15-24-50-48-22-12-14-27-57(48)66-60(50)52)64-39(2)43-32-33-44(54(62)37-43)36-53-47-21-10-9-20-46(47)49-34-35-56-59(58(49)53)51-23-11-13-26-55(51)65(56)45-18-7-4-8-19-45/h3-35,37,53H,1,36,62H2,2H3/b63-61-,64-39+/t53-/m1/s1. The zero-order valence-corrected chi connectivity index (χ0v) is 36.4. The van der Waals surface area contributed by atoms with E-state index in [1.54, 1.807) is 0 Å².